The average Bonchev–Trinajstić information content (AvgIpc) is 2.10. The van der Waals surface area contributed by atoms with E-state index in [-0.39, 0.29) is 0 Å². The summed E-state index contributed by atoms with van der Waals surface area (Å²) in [6.07, 6.45) is 2.36. The topological polar surface area (TPSA) is 55.8 Å². The van der Waals surface area contributed by atoms with Gasteiger partial charge in [0.05, 0.1) is 13.2 Å². The molecule has 0 bridgehead atoms. The van der Waals surface area contributed by atoms with Gasteiger partial charge in [-0.15, -0.1) is 0 Å². The molecule has 0 saturated carbocycles. The number of rotatable bonds is 7. The Labute approximate surface area is 86.2 Å². The quantitative estimate of drug-likeness (QED) is 0.647. The standard InChI is InChI=1S/C8H18O2.C2H4O2/c1-3-5-6-10-8-7-9-4-2;1-2(3)4/h3-8H2,1-2H3;1H3,(H,3,4). The first-order valence-electron chi connectivity index (χ1n) is 5.00. The number of carboxylic acid groups (broad SMARTS) is 1. The molecule has 0 heterocycles. The maximum Gasteiger partial charge on any atom is 0.300 e. The second-order valence-electron chi connectivity index (χ2n) is 2.68. The van der Waals surface area contributed by atoms with E-state index in [1.807, 2.05) is 6.92 Å². The number of hydrogen-bond acceptors (Lipinski definition) is 3. The number of aliphatic carboxylic acids is 1. The van der Waals surface area contributed by atoms with Gasteiger partial charge in [-0.1, -0.05) is 13.3 Å². The van der Waals surface area contributed by atoms with Crippen molar-refractivity contribution >= 4 is 5.97 Å². The zero-order chi connectivity index (χ0) is 11.2. The largest absolute Gasteiger partial charge is 0.481 e. The third-order valence-corrected chi connectivity index (χ3v) is 1.22. The Morgan fingerprint density at radius 1 is 1.14 bits per heavy atom. The molecule has 0 saturated heterocycles. The Morgan fingerprint density at radius 2 is 1.64 bits per heavy atom. The van der Waals surface area contributed by atoms with Crippen molar-refractivity contribution in [2.75, 3.05) is 26.4 Å². The molecule has 0 spiro atoms. The zero-order valence-corrected chi connectivity index (χ0v) is 9.41. The summed E-state index contributed by atoms with van der Waals surface area (Å²) >= 11 is 0. The predicted molar refractivity (Wildman–Crippen MR) is 55.5 cm³/mol. The molecule has 0 aliphatic carbocycles. The van der Waals surface area contributed by atoms with Crippen LogP contribution in [0.4, 0.5) is 0 Å². The van der Waals surface area contributed by atoms with E-state index in [0.29, 0.717) is 0 Å². The Bertz CT molecular complexity index is 103. The van der Waals surface area contributed by atoms with Crippen molar-refractivity contribution in [1.29, 1.82) is 0 Å². The number of carboxylic acids is 1. The van der Waals surface area contributed by atoms with Crippen LogP contribution in [0.2, 0.25) is 0 Å². The molecular formula is C10H22O4. The van der Waals surface area contributed by atoms with Crippen LogP contribution in [0.3, 0.4) is 0 Å². The molecule has 0 aromatic rings. The van der Waals surface area contributed by atoms with Gasteiger partial charge in [-0.25, -0.2) is 0 Å². The Morgan fingerprint density at radius 3 is 2.07 bits per heavy atom. The van der Waals surface area contributed by atoms with Crippen LogP contribution in [0, 0.1) is 0 Å². The van der Waals surface area contributed by atoms with Crippen molar-refractivity contribution in [2.24, 2.45) is 0 Å². The molecule has 0 rings (SSSR count). The van der Waals surface area contributed by atoms with E-state index < -0.39 is 5.97 Å². The molecule has 1 N–H and O–H groups in total. The van der Waals surface area contributed by atoms with Crippen molar-refractivity contribution in [2.45, 2.75) is 33.6 Å². The summed E-state index contributed by atoms with van der Waals surface area (Å²) < 4.78 is 10.3. The average molecular weight is 206 g/mol. The van der Waals surface area contributed by atoms with Crippen LogP contribution in [-0.4, -0.2) is 37.5 Å². The van der Waals surface area contributed by atoms with Gasteiger partial charge in [0, 0.05) is 20.1 Å². The molecule has 0 atom stereocenters. The van der Waals surface area contributed by atoms with Crippen molar-refractivity contribution < 1.29 is 19.4 Å². The molecule has 4 heteroatoms. The number of hydrogen-bond donors (Lipinski definition) is 1. The third-order valence-electron chi connectivity index (χ3n) is 1.22. The molecule has 0 aromatic carbocycles. The van der Waals surface area contributed by atoms with Crippen LogP contribution in [0.5, 0.6) is 0 Å². The zero-order valence-electron chi connectivity index (χ0n) is 9.41. The van der Waals surface area contributed by atoms with E-state index in [1.54, 1.807) is 0 Å². The monoisotopic (exact) mass is 206 g/mol. The summed E-state index contributed by atoms with van der Waals surface area (Å²) in [4.78, 5) is 9.00. The fraction of sp³-hybridized carbons (Fsp3) is 0.900. The van der Waals surface area contributed by atoms with E-state index in [1.165, 1.54) is 6.42 Å². The first-order chi connectivity index (χ1) is 6.65. The van der Waals surface area contributed by atoms with Crippen LogP contribution in [0.25, 0.3) is 0 Å². The Balaban J connectivity index is 0. The molecule has 0 aromatic heterocycles. The molecule has 4 nitrogen and oxygen atoms in total. The Kier molecular flexibility index (Phi) is 16.9. The molecule has 0 unspecified atom stereocenters. The van der Waals surface area contributed by atoms with Crippen LogP contribution >= 0.6 is 0 Å². The highest BCUT2D eigenvalue weighted by Gasteiger charge is 1.86. The van der Waals surface area contributed by atoms with Gasteiger partial charge in [-0.05, 0) is 13.3 Å². The van der Waals surface area contributed by atoms with Gasteiger partial charge < -0.3 is 14.6 Å². The molecule has 0 radical (unpaired) electrons. The van der Waals surface area contributed by atoms with Crippen LogP contribution < -0.4 is 0 Å². The lowest BCUT2D eigenvalue weighted by Crippen LogP contribution is -2.04. The summed E-state index contributed by atoms with van der Waals surface area (Å²) in [6, 6.07) is 0. The van der Waals surface area contributed by atoms with Crippen molar-refractivity contribution in [1.82, 2.24) is 0 Å². The fourth-order valence-corrected chi connectivity index (χ4v) is 0.611. The molecule has 86 valence electrons. The van der Waals surface area contributed by atoms with Gasteiger partial charge in [-0.3, -0.25) is 4.79 Å². The first kappa shape index (κ1) is 15.8. The van der Waals surface area contributed by atoms with E-state index in [2.05, 4.69) is 6.92 Å². The van der Waals surface area contributed by atoms with Gasteiger partial charge in [-0.2, -0.15) is 0 Å². The maximum absolute atomic E-state index is 9.00. The smallest absolute Gasteiger partial charge is 0.300 e. The van der Waals surface area contributed by atoms with E-state index >= 15 is 0 Å². The van der Waals surface area contributed by atoms with E-state index in [9.17, 15) is 0 Å². The molecule has 14 heavy (non-hydrogen) atoms. The second-order valence-corrected chi connectivity index (χ2v) is 2.68. The van der Waals surface area contributed by atoms with E-state index in [4.69, 9.17) is 19.4 Å². The van der Waals surface area contributed by atoms with Crippen LogP contribution in [0.15, 0.2) is 0 Å². The molecule has 0 aliphatic heterocycles. The lowest BCUT2D eigenvalue weighted by molar-refractivity contribution is -0.134. The fourth-order valence-electron chi connectivity index (χ4n) is 0.611. The maximum atomic E-state index is 9.00. The lowest BCUT2D eigenvalue weighted by Gasteiger charge is -2.02. The predicted octanol–water partition coefficient (Wildman–Crippen LogP) is 1.93. The molecular weight excluding hydrogens is 184 g/mol. The van der Waals surface area contributed by atoms with Gasteiger partial charge in [0.25, 0.3) is 5.97 Å². The van der Waals surface area contributed by atoms with Crippen molar-refractivity contribution in [3.05, 3.63) is 0 Å². The van der Waals surface area contributed by atoms with E-state index in [0.717, 1.165) is 39.8 Å². The minimum Gasteiger partial charge on any atom is -0.481 e. The minimum absolute atomic E-state index is 0.736. The first-order valence-corrected chi connectivity index (χ1v) is 5.00. The summed E-state index contributed by atoms with van der Waals surface area (Å²) in [5.74, 6) is -0.833. The molecule has 0 aliphatic rings. The third kappa shape index (κ3) is 30.1. The summed E-state index contributed by atoms with van der Waals surface area (Å²) in [6.45, 7) is 8.38. The summed E-state index contributed by atoms with van der Waals surface area (Å²) in [7, 11) is 0. The summed E-state index contributed by atoms with van der Waals surface area (Å²) in [5.41, 5.74) is 0. The van der Waals surface area contributed by atoms with Gasteiger partial charge in [0.1, 0.15) is 0 Å². The highest BCUT2D eigenvalue weighted by atomic mass is 16.5. The van der Waals surface area contributed by atoms with Gasteiger partial charge >= 0.3 is 0 Å². The number of unbranched alkanes of at least 4 members (excludes halogenated alkanes) is 1. The van der Waals surface area contributed by atoms with Gasteiger partial charge in [0.15, 0.2) is 0 Å². The highest BCUT2D eigenvalue weighted by Crippen LogP contribution is 1.87. The van der Waals surface area contributed by atoms with Crippen LogP contribution in [0.1, 0.15) is 33.6 Å². The van der Waals surface area contributed by atoms with Crippen molar-refractivity contribution in [3.63, 3.8) is 0 Å². The summed E-state index contributed by atoms with van der Waals surface area (Å²) in [5, 5.41) is 7.42. The number of carbonyl (C=O) groups is 1. The molecule has 0 amide bonds. The van der Waals surface area contributed by atoms with Crippen LogP contribution in [-0.2, 0) is 14.3 Å². The SMILES string of the molecule is CC(=O)O.CCCCOCCOCC. The normalized spacial score (nSPS) is 9.07. The minimum atomic E-state index is -0.833. The Hall–Kier alpha value is -0.610. The second kappa shape index (κ2) is 14.9. The van der Waals surface area contributed by atoms with Gasteiger partial charge in [0.2, 0.25) is 0 Å². The molecule has 0 fully saturated rings. The lowest BCUT2D eigenvalue weighted by atomic mass is 10.4. The van der Waals surface area contributed by atoms with Crippen molar-refractivity contribution in [3.8, 4) is 0 Å². The highest BCUT2D eigenvalue weighted by molar-refractivity contribution is 5.62. The number of ether oxygens (including phenoxy) is 2.